The summed E-state index contributed by atoms with van der Waals surface area (Å²) in [5.74, 6) is 1.38. The summed E-state index contributed by atoms with van der Waals surface area (Å²) in [6.07, 6.45) is 5.01. The van der Waals surface area contributed by atoms with E-state index in [1.807, 2.05) is 44.3 Å². The van der Waals surface area contributed by atoms with Crippen molar-refractivity contribution in [2.75, 3.05) is 29.1 Å². The molecule has 1 aromatic carbocycles. The maximum Gasteiger partial charge on any atom is 0.295 e. The van der Waals surface area contributed by atoms with Gasteiger partial charge in [0, 0.05) is 38.4 Å². The van der Waals surface area contributed by atoms with Crippen molar-refractivity contribution in [3.63, 3.8) is 0 Å². The monoisotopic (exact) mass is 467 g/mol. The van der Waals surface area contributed by atoms with Crippen molar-refractivity contribution in [2.24, 2.45) is 7.05 Å². The number of hydrogen-bond donors (Lipinski definition) is 1. The average molecular weight is 468 g/mol. The third-order valence-corrected chi connectivity index (χ3v) is 7.27. The number of aromatic nitrogens is 5. The first kappa shape index (κ1) is 21.8. The Morgan fingerprint density at radius 1 is 1.15 bits per heavy atom. The summed E-state index contributed by atoms with van der Waals surface area (Å²) in [6.45, 7) is 3.91. The molecule has 5 rings (SSSR count). The highest BCUT2D eigenvalue weighted by Gasteiger charge is 2.32. The molecule has 0 bridgehead atoms. The molecule has 0 spiro atoms. The van der Waals surface area contributed by atoms with Crippen molar-refractivity contribution in [3.05, 3.63) is 46.4 Å². The van der Waals surface area contributed by atoms with Gasteiger partial charge in [-0.25, -0.2) is 4.68 Å². The van der Waals surface area contributed by atoms with Crippen LogP contribution >= 0.6 is 11.8 Å². The van der Waals surface area contributed by atoms with Crippen LogP contribution in [0.15, 0.2) is 40.3 Å². The molecule has 1 amide bonds. The van der Waals surface area contributed by atoms with E-state index in [4.69, 9.17) is 0 Å². The molecule has 0 unspecified atom stereocenters. The number of nitrogens with zero attached hydrogens (tertiary/aromatic N) is 6. The molecule has 10 heteroatoms. The van der Waals surface area contributed by atoms with Gasteiger partial charge in [-0.1, -0.05) is 30.0 Å². The Kier molecular flexibility index (Phi) is 6.01. The first-order valence-electron chi connectivity index (χ1n) is 11.5. The molecule has 1 saturated heterocycles. The molecule has 2 fully saturated rings. The topological polar surface area (TPSA) is 90.0 Å². The summed E-state index contributed by atoms with van der Waals surface area (Å²) >= 11 is 1.56. The normalized spacial score (nSPS) is 15.9. The molecule has 3 heterocycles. The van der Waals surface area contributed by atoms with Crippen LogP contribution in [0.5, 0.6) is 0 Å². The summed E-state index contributed by atoms with van der Waals surface area (Å²) in [5.41, 5.74) is 1.57. The zero-order chi connectivity index (χ0) is 22.9. The van der Waals surface area contributed by atoms with E-state index in [1.54, 1.807) is 21.1 Å². The predicted octanol–water partition coefficient (Wildman–Crippen LogP) is 3.13. The zero-order valence-electron chi connectivity index (χ0n) is 19.0. The molecule has 0 atom stereocenters. The van der Waals surface area contributed by atoms with Gasteiger partial charge in [0.15, 0.2) is 5.16 Å². The lowest BCUT2D eigenvalue weighted by Gasteiger charge is -2.17. The molecule has 1 N–H and O–H groups in total. The van der Waals surface area contributed by atoms with E-state index in [1.165, 1.54) is 12.8 Å². The van der Waals surface area contributed by atoms with Crippen molar-refractivity contribution < 1.29 is 4.79 Å². The number of anilines is 2. The van der Waals surface area contributed by atoms with Crippen LogP contribution in [0.3, 0.4) is 0 Å². The Morgan fingerprint density at radius 3 is 2.58 bits per heavy atom. The highest BCUT2D eigenvalue weighted by molar-refractivity contribution is 7.99. The summed E-state index contributed by atoms with van der Waals surface area (Å²) in [5, 5.41) is 12.6. The minimum Gasteiger partial charge on any atom is -0.341 e. The van der Waals surface area contributed by atoms with Crippen LogP contribution in [-0.2, 0) is 11.8 Å². The molecular weight excluding hydrogens is 438 g/mol. The maximum atomic E-state index is 13.0. The van der Waals surface area contributed by atoms with Crippen LogP contribution in [0.2, 0.25) is 0 Å². The van der Waals surface area contributed by atoms with Crippen LogP contribution in [0.1, 0.15) is 43.8 Å². The third-order valence-electron chi connectivity index (χ3n) is 6.33. The fraction of sp³-hybridized carbons (Fsp3) is 0.478. The molecule has 3 aromatic rings. The van der Waals surface area contributed by atoms with Gasteiger partial charge in [-0.2, -0.15) is 0 Å². The van der Waals surface area contributed by atoms with Crippen LogP contribution in [-0.4, -0.2) is 48.9 Å². The molecule has 1 saturated carbocycles. The predicted molar refractivity (Wildman–Crippen MR) is 129 cm³/mol. The largest absolute Gasteiger partial charge is 0.341 e. The van der Waals surface area contributed by atoms with Crippen molar-refractivity contribution >= 4 is 29.3 Å². The average Bonchev–Trinajstić information content (AvgIpc) is 3.25. The second kappa shape index (κ2) is 9.09. The molecule has 174 valence electrons. The Morgan fingerprint density at radius 2 is 1.88 bits per heavy atom. The molecule has 2 aliphatic rings. The minimum absolute atomic E-state index is 0.175. The van der Waals surface area contributed by atoms with Gasteiger partial charge in [0.1, 0.15) is 5.69 Å². The molecule has 2 aromatic heterocycles. The number of amides is 1. The number of benzene rings is 1. The van der Waals surface area contributed by atoms with E-state index < -0.39 is 0 Å². The van der Waals surface area contributed by atoms with Gasteiger partial charge in [0.05, 0.1) is 11.4 Å². The third kappa shape index (κ3) is 4.31. The summed E-state index contributed by atoms with van der Waals surface area (Å²) < 4.78 is 5.59. The Hall–Kier alpha value is -3.01. The number of hydrogen-bond acceptors (Lipinski definition) is 6. The molecule has 1 aliphatic carbocycles. The fourth-order valence-corrected chi connectivity index (χ4v) is 5.24. The van der Waals surface area contributed by atoms with E-state index in [9.17, 15) is 9.59 Å². The molecule has 33 heavy (non-hydrogen) atoms. The summed E-state index contributed by atoms with van der Waals surface area (Å²) in [7, 11) is 1.82. The highest BCUT2D eigenvalue weighted by Crippen LogP contribution is 2.41. The molecule has 1 aliphatic heterocycles. The van der Waals surface area contributed by atoms with Crippen LogP contribution < -0.4 is 15.8 Å². The highest BCUT2D eigenvalue weighted by atomic mass is 32.2. The van der Waals surface area contributed by atoms with E-state index in [0.29, 0.717) is 29.6 Å². The second-order valence-corrected chi connectivity index (χ2v) is 9.72. The van der Waals surface area contributed by atoms with Gasteiger partial charge in [0.2, 0.25) is 11.9 Å². The first-order valence-corrected chi connectivity index (χ1v) is 12.5. The van der Waals surface area contributed by atoms with Crippen molar-refractivity contribution in [1.82, 2.24) is 24.1 Å². The van der Waals surface area contributed by atoms with Crippen LogP contribution in [0.4, 0.5) is 11.6 Å². The smallest absolute Gasteiger partial charge is 0.295 e. The van der Waals surface area contributed by atoms with Gasteiger partial charge in [-0.3, -0.25) is 18.8 Å². The van der Waals surface area contributed by atoms with Crippen molar-refractivity contribution in [1.29, 1.82) is 0 Å². The lowest BCUT2D eigenvalue weighted by Crippen LogP contribution is -2.23. The maximum absolute atomic E-state index is 13.0. The molecular formula is C23H29N7O2S. The van der Waals surface area contributed by atoms with Crippen LogP contribution in [0, 0.1) is 6.92 Å². The van der Waals surface area contributed by atoms with E-state index in [0.717, 1.165) is 42.7 Å². The molecule has 0 radical (unpaired) electrons. The van der Waals surface area contributed by atoms with E-state index in [2.05, 4.69) is 25.0 Å². The van der Waals surface area contributed by atoms with Gasteiger partial charge in [-0.15, -0.1) is 10.2 Å². The number of thioether (sulfide) groups is 1. The Balaban J connectivity index is 1.24. The lowest BCUT2D eigenvalue weighted by molar-refractivity contribution is -0.115. The quantitative estimate of drug-likeness (QED) is 0.512. The van der Waals surface area contributed by atoms with Gasteiger partial charge < -0.3 is 10.2 Å². The van der Waals surface area contributed by atoms with Crippen LogP contribution in [0.25, 0.3) is 5.69 Å². The lowest BCUT2D eigenvalue weighted by atomic mass is 10.3. The number of carbonyl (C=O) groups is 1. The van der Waals surface area contributed by atoms with Gasteiger partial charge >= 0.3 is 0 Å². The van der Waals surface area contributed by atoms with Crippen molar-refractivity contribution in [3.8, 4) is 5.69 Å². The van der Waals surface area contributed by atoms with E-state index >= 15 is 0 Å². The first-order chi connectivity index (χ1) is 16.0. The second-order valence-electron chi connectivity index (χ2n) is 8.66. The number of nitrogens with one attached hydrogen (secondary N) is 1. The molecule has 9 nitrogen and oxygen atoms in total. The number of para-hydroxylation sites is 1. The van der Waals surface area contributed by atoms with Crippen molar-refractivity contribution in [2.45, 2.75) is 50.2 Å². The van der Waals surface area contributed by atoms with Gasteiger partial charge in [0.25, 0.3) is 5.56 Å². The Labute approximate surface area is 196 Å². The van der Waals surface area contributed by atoms with Gasteiger partial charge in [-0.05, 0) is 44.7 Å². The number of carbonyl (C=O) groups excluding carboxylic acids is 1. The van der Waals surface area contributed by atoms with E-state index in [-0.39, 0.29) is 11.5 Å². The zero-order valence-corrected chi connectivity index (χ0v) is 19.8. The summed E-state index contributed by atoms with van der Waals surface area (Å²) in [6, 6.07) is 9.90. The standard InChI is InChI=1S/C23H29N7O2S/c1-16-20(21(32)30(27(16)2)18-8-4-3-5-9-18)24-19(31)12-15-33-23-26-25-22(28-13-6-7-14-28)29(23)17-10-11-17/h3-5,8-9,17H,6-7,10-15H2,1-2H3,(H,24,31). The SMILES string of the molecule is Cc1c(NC(=O)CCSc2nnc(N3CCCC3)n2C2CC2)c(=O)n(-c2ccccc2)n1C. The fourth-order valence-electron chi connectivity index (χ4n) is 4.30. The minimum atomic E-state index is -0.231. The number of rotatable bonds is 8. The Bertz CT molecular complexity index is 1200. The summed E-state index contributed by atoms with van der Waals surface area (Å²) in [4.78, 5) is 28.0.